The molecule has 0 aromatic heterocycles. The fourth-order valence-corrected chi connectivity index (χ4v) is 3.11. The minimum Gasteiger partial charge on any atom is -0.392 e. The van der Waals surface area contributed by atoms with E-state index in [0.717, 1.165) is 39.0 Å². The van der Waals surface area contributed by atoms with Crippen molar-refractivity contribution in [2.24, 2.45) is 17.6 Å². The van der Waals surface area contributed by atoms with Gasteiger partial charge in [-0.05, 0) is 18.8 Å². The number of carbonyl (C=O) groups excluding carboxylic acids is 1. The van der Waals surface area contributed by atoms with Gasteiger partial charge in [0, 0.05) is 32.1 Å². The van der Waals surface area contributed by atoms with Crippen LogP contribution in [0.15, 0.2) is 0 Å². The smallest absolute Gasteiger partial charge is 0.226 e. The Kier molecular flexibility index (Phi) is 4.22. The van der Waals surface area contributed by atoms with Crippen molar-refractivity contribution in [3.8, 4) is 0 Å². The Hall–Kier alpha value is -0.680. The second-order valence-electron chi connectivity index (χ2n) is 5.51. The van der Waals surface area contributed by atoms with Gasteiger partial charge in [-0.25, -0.2) is 0 Å². The maximum absolute atomic E-state index is 12.1. The molecule has 102 valence electrons. The van der Waals surface area contributed by atoms with Crippen molar-refractivity contribution in [3.63, 3.8) is 0 Å². The first-order valence-corrected chi connectivity index (χ1v) is 7.27. The van der Waals surface area contributed by atoms with Gasteiger partial charge in [0.25, 0.3) is 0 Å². The van der Waals surface area contributed by atoms with E-state index in [0.29, 0.717) is 22.7 Å². The van der Waals surface area contributed by atoms with Gasteiger partial charge in [0.2, 0.25) is 5.91 Å². The number of piperazine rings is 1. The number of hydrogen-bond donors (Lipinski definition) is 1. The lowest BCUT2D eigenvalue weighted by Gasteiger charge is -2.38. The van der Waals surface area contributed by atoms with Gasteiger partial charge in [0.15, 0.2) is 0 Å². The molecule has 2 aliphatic rings. The van der Waals surface area contributed by atoms with Crippen LogP contribution in [0.4, 0.5) is 0 Å². The molecule has 0 aromatic rings. The lowest BCUT2D eigenvalue weighted by molar-refractivity contribution is -0.134. The maximum Gasteiger partial charge on any atom is 0.226 e. The van der Waals surface area contributed by atoms with Crippen LogP contribution in [0.3, 0.4) is 0 Å². The molecular formula is C13H23N3OS. The summed E-state index contributed by atoms with van der Waals surface area (Å²) >= 11 is 5.10. The Labute approximate surface area is 114 Å². The summed E-state index contributed by atoms with van der Waals surface area (Å²) < 4.78 is 0. The summed E-state index contributed by atoms with van der Waals surface area (Å²) in [6.45, 7) is 7.68. The molecule has 4 nitrogen and oxygen atoms in total. The molecule has 18 heavy (non-hydrogen) atoms. The molecule has 1 heterocycles. The van der Waals surface area contributed by atoms with Crippen molar-refractivity contribution >= 4 is 23.1 Å². The number of thiocarbonyl (C=S) groups is 1. The summed E-state index contributed by atoms with van der Waals surface area (Å²) in [4.78, 5) is 17.0. The number of nitrogens with two attached hydrogens (primary N) is 1. The van der Waals surface area contributed by atoms with E-state index in [9.17, 15) is 4.79 Å². The van der Waals surface area contributed by atoms with Gasteiger partial charge in [-0.3, -0.25) is 9.69 Å². The molecule has 1 saturated carbocycles. The molecule has 0 radical (unpaired) electrons. The summed E-state index contributed by atoms with van der Waals surface area (Å²) in [5.41, 5.74) is 5.76. The Bertz CT molecular complexity index is 339. The first kappa shape index (κ1) is 13.7. The van der Waals surface area contributed by atoms with Gasteiger partial charge in [-0.1, -0.05) is 26.1 Å². The van der Waals surface area contributed by atoms with Crippen LogP contribution in [0.1, 0.15) is 26.7 Å². The zero-order chi connectivity index (χ0) is 13.3. The highest BCUT2D eigenvalue weighted by molar-refractivity contribution is 7.80. The molecular weight excluding hydrogens is 246 g/mol. The third-order valence-electron chi connectivity index (χ3n) is 4.21. The number of rotatable bonds is 4. The van der Waals surface area contributed by atoms with Gasteiger partial charge in [-0.15, -0.1) is 0 Å². The predicted molar refractivity (Wildman–Crippen MR) is 76.3 cm³/mol. The molecule has 3 unspecified atom stereocenters. The molecule has 0 spiro atoms. The van der Waals surface area contributed by atoms with Crippen LogP contribution < -0.4 is 5.73 Å². The van der Waals surface area contributed by atoms with E-state index in [1.165, 1.54) is 0 Å². The fourth-order valence-electron chi connectivity index (χ4n) is 2.79. The molecule has 0 aromatic carbocycles. The van der Waals surface area contributed by atoms with Crippen LogP contribution in [0.25, 0.3) is 0 Å². The largest absolute Gasteiger partial charge is 0.392 e. The van der Waals surface area contributed by atoms with Crippen molar-refractivity contribution in [2.75, 3.05) is 26.2 Å². The van der Waals surface area contributed by atoms with Gasteiger partial charge < -0.3 is 10.6 Å². The average molecular weight is 269 g/mol. The maximum atomic E-state index is 12.1. The number of nitrogens with zero attached hydrogens (tertiary/aromatic N) is 2. The van der Waals surface area contributed by atoms with E-state index >= 15 is 0 Å². The molecule has 2 rings (SSSR count). The Morgan fingerprint density at radius 3 is 2.33 bits per heavy atom. The molecule has 2 fully saturated rings. The highest BCUT2D eigenvalue weighted by Crippen LogP contribution is 2.39. The SMILES string of the molecule is CCC(C(N)=S)N1CCN(C(=O)C2CC2C)CC1. The molecule has 3 atom stereocenters. The minimum absolute atomic E-state index is 0.192. The first-order valence-electron chi connectivity index (χ1n) is 6.86. The van der Waals surface area contributed by atoms with Crippen LogP contribution in [-0.2, 0) is 4.79 Å². The van der Waals surface area contributed by atoms with Gasteiger partial charge in [-0.2, -0.15) is 0 Å². The monoisotopic (exact) mass is 269 g/mol. The number of amides is 1. The molecule has 1 aliphatic carbocycles. The van der Waals surface area contributed by atoms with Gasteiger partial charge >= 0.3 is 0 Å². The third-order valence-corrected chi connectivity index (χ3v) is 4.48. The number of carbonyl (C=O) groups is 1. The van der Waals surface area contributed by atoms with E-state index in [1.807, 2.05) is 4.90 Å². The zero-order valence-corrected chi connectivity index (χ0v) is 12.1. The van der Waals surface area contributed by atoms with Gasteiger partial charge in [0.05, 0.1) is 11.0 Å². The van der Waals surface area contributed by atoms with E-state index in [4.69, 9.17) is 18.0 Å². The van der Waals surface area contributed by atoms with E-state index < -0.39 is 0 Å². The quantitative estimate of drug-likeness (QED) is 0.769. The van der Waals surface area contributed by atoms with E-state index in [1.54, 1.807) is 0 Å². The summed E-state index contributed by atoms with van der Waals surface area (Å²) in [5.74, 6) is 1.25. The average Bonchev–Trinajstić information content (AvgIpc) is 3.07. The lowest BCUT2D eigenvalue weighted by atomic mass is 10.1. The zero-order valence-electron chi connectivity index (χ0n) is 11.3. The predicted octanol–water partition coefficient (Wildman–Crippen LogP) is 0.851. The first-order chi connectivity index (χ1) is 8.54. The molecule has 0 bridgehead atoms. The lowest BCUT2D eigenvalue weighted by Crippen LogP contribution is -2.55. The van der Waals surface area contributed by atoms with Crippen molar-refractivity contribution in [2.45, 2.75) is 32.7 Å². The second kappa shape index (κ2) is 5.53. The molecule has 1 saturated heterocycles. The van der Waals surface area contributed by atoms with Crippen LogP contribution in [0.2, 0.25) is 0 Å². The van der Waals surface area contributed by atoms with Crippen molar-refractivity contribution < 1.29 is 4.79 Å². The van der Waals surface area contributed by atoms with Crippen molar-refractivity contribution in [3.05, 3.63) is 0 Å². The van der Waals surface area contributed by atoms with Crippen LogP contribution in [-0.4, -0.2) is 52.9 Å². The molecule has 1 aliphatic heterocycles. The normalized spacial score (nSPS) is 30.0. The van der Waals surface area contributed by atoms with Crippen LogP contribution in [0, 0.1) is 11.8 Å². The fraction of sp³-hybridized carbons (Fsp3) is 0.846. The number of hydrogen-bond acceptors (Lipinski definition) is 3. The standard InChI is InChI=1S/C13H23N3OS/c1-3-11(12(14)18)15-4-6-16(7-5-15)13(17)10-8-9(10)2/h9-11H,3-8H2,1-2H3,(H2,14,18). The van der Waals surface area contributed by atoms with Crippen molar-refractivity contribution in [1.82, 2.24) is 9.80 Å². The van der Waals surface area contributed by atoms with E-state index in [2.05, 4.69) is 18.7 Å². The summed E-state index contributed by atoms with van der Waals surface area (Å²) in [6.07, 6.45) is 2.02. The van der Waals surface area contributed by atoms with Crippen LogP contribution >= 0.6 is 12.2 Å². The molecule has 5 heteroatoms. The topological polar surface area (TPSA) is 49.6 Å². The van der Waals surface area contributed by atoms with Crippen LogP contribution in [0.5, 0.6) is 0 Å². The summed E-state index contributed by atoms with van der Waals surface area (Å²) in [6, 6.07) is 0.192. The Morgan fingerprint density at radius 1 is 1.39 bits per heavy atom. The van der Waals surface area contributed by atoms with E-state index in [-0.39, 0.29) is 6.04 Å². The van der Waals surface area contributed by atoms with Crippen molar-refractivity contribution in [1.29, 1.82) is 0 Å². The summed E-state index contributed by atoms with van der Waals surface area (Å²) in [7, 11) is 0. The summed E-state index contributed by atoms with van der Waals surface area (Å²) in [5, 5.41) is 0. The Morgan fingerprint density at radius 2 is 1.94 bits per heavy atom. The third kappa shape index (κ3) is 2.83. The Balaban J connectivity index is 1.84. The highest BCUT2D eigenvalue weighted by atomic mass is 32.1. The van der Waals surface area contributed by atoms with Gasteiger partial charge in [0.1, 0.15) is 0 Å². The second-order valence-corrected chi connectivity index (χ2v) is 5.98. The highest BCUT2D eigenvalue weighted by Gasteiger charge is 2.42. The molecule has 2 N–H and O–H groups in total. The minimum atomic E-state index is 0.192. The molecule has 1 amide bonds.